The van der Waals surface area contributed by atoms with E-state index in [2.05, 4.69) is 49.8 Å². The van der Waals surface area contributed by atoms with E-state index in [0.717, 1.165) is 53.0 Å². The summed E-state index contributed by atoms with van der Waals surface area (Å²) in [6.45, 7) is 3.09. The van der Waals surface area contributed by atoms with Gasteiger partial charge < -0.3 is 10.1 Å². The van der Waals surface area contributed by atoms with Gasteiger partial charge in [-0.15, -0.1) is 11.3 Å². The average Bonchev–Trinajstić information content (AvgIpc) is 3.46. The zero-order valence-electron chi connectivity index (χ0n) is 17.2. The highest BCUT2D eigenvalue weighted by molar-refractivity contribution is 7.22. The minimum Gasteiger partial charge on any atom is -0.353 e. The summed E-state index contributed by atoms with van der Waals surface area (Å²) in [5, 5.41) is 8.07. The average molecular weight is 465 g/mol. The first-order valence-electron chi connectivity index (χ1n) is 10.4. The van der Waals surface area contributed by atoms with E-state index < -0.39 is 0 Å². The number of benzene rings is 1. The number of rotatable bonds is 7. The van der Waals surface area contributed by atoms with Crippen LogP contribution in [0, 0.1) is 0 Å². The molecule has 0 radical (unpaired) electrons. The second-order valence-electron chi connectivity index (χ2n) is 7.47. The molecule has 1 aliphatic rings. The number of hydrogen-bond donors (Lipinski definition) is 2. The van der Waals surface area contributed by atoms with Crippen LogP contribution in [-0.2, 0) is 4.79 Å². The summed E-state index contributed by atoms with van der Waals surface area (Å²) < 4.78 is 1.18. The third-order valence-corrected chi connectivity index (χ3v) is 6.86. The molecule has 1 saturated heterocycles. The van der Waals surface area contributed by atoms with E-state index in [1.54, 1.807) is 23.7 Å². The van der Waals surface area contributed by atoms with E-state index in [-0.39, 0.29) is 6.17 Å². The summed E-state index contributed by atoms with van der Waals surface area (Å²) >= 11 is 7.81. The Morgan fingerprint density at radius 3 is 3.00 bits per heavy atom. The SMILES string of the molecule is O=CC1NCCN1CCNc1nccc(-c2cc3cccc(-c4ccnc(Cl)c4)c3s2)n1. The van der Waals surface area contributed by atoms with Gasteiger partial charge >= 0.3 is 0 Å². The Morgan fingerprint density at radius 2 is 2.12 bits per heavy atom. The van der Waals surface area contributed by atoms with E-state index in [1.165, 1.54) is 4.70 Å². The summed E-state index contributed by atoms with van der Waals surface area (Å²) in [5.41, 5.74) is 3.04. The second kappa shape index (κ2) is 9.30. The van der Waals surface area contributed by atoms with E-state index in [1.807, 2.05) is 18.2 Å². The van der Waals surface area contributed by atoms with Crippen molar-refractivity contribution in [1.82, 2.24) is 25.2 Å². The maximum atomic E-state index is 11.1. The summed E-state index contributed by atoms with van der Waals surface area (Å²) in [5.74, 6) is 0.580. The molecule has 0 bridgehead atoms. The molecule has 4 aromatic rings. The van der Waals surface area contributed by atoms with Crippen molar-refractivity contribution in [3.63, 3.8) is 0 Å². The number of halogens is 1. The van der Waals surface area contributed by atoms with Crippen LogP contribution in [0.3, 0.4) is 0 Å². The lowest BCUT2D eigenvalue weighted by Crippen LogP contribution is -2.39. The minimum atomic E-state index is -0.202. The number of aldehydes is 1. The number of fused-ring (bicyclic) bond motifs is 1. The fourth-order valence-electron chi connectivity index (χ4n) is 3.89. The summed E-state index contributed by atoms with van der Waals surface area (Å²) in [4.78, 5) is 27.4. The third-order valence-electron chi connectivity index (χ3n) is 5.45. The lowest BCUT2D eigenvalue weighted by Gasteiger charge is -2.19. The zero-order chi connectivity index (χ0) is 21.9. The van der Waals surface area contributed by atoms with Gasteiger partial charge in [0, 0.05) is 43.3 Å². The van der Waals surface area contributed by atoms with Crippen LogP contribution in [0.4, 0.5) is 5.95 Å². The third kappa shape index (κ3) is 4.35. The standard InChI is InChI=1S/C23H21ClN6OS/c24-20-13-15(4-6-25-20)17-3-1-2-16-12-19(32-22(16)17)18-5-7-27-23(29-18)28-9-11-30-10-8-26-21(30)14-31/h1-7,12-14,21,26H,8-11H2,(H,27,28,29). The first-order valence-corrected chi connectivity index (χ1v) is 11.6. The predicted octanol–water partition coefficient (Wildman–Crippen LogP) is 3.92. The first-order chi connectivity index (χ1) is 15.7. The van der Waals surface area contributed by atoms with Gasteiger partial charge in [0.05, 0.1) is 10.6 Å². The highest BCUT2D eigenvalue weighted by Crippen LogP contribution is 2.39. The van der Waals surface area contributed by atoms with Gasteiger partial charge in [-0.1, -0.05) is 29.8 Å². The molecular weight excluding hydrogens is 444 g/mol. The highest BCUT2D eigenvalue weighted by Gasteiger charge is 2.22. The van der Waals surface area contributed by atoms with Gasteiger partial charge in [0.2, 0.25) is 5.95 Å². The van der Waals surface area contributed by atoms with E-state index >= 15 is 0 Å². The summed E-state index contributed by atoms with van der Waals surface area (Å²) in [6, 6.07) is 14.2. The number of hydrogen-bond acceptors (Lipinski definition) is 8. The van der Waals surface area contributed by atoms with Crippen LogP contribution in [-0.4, -0.2) is 58.5 Å². The Bertz CT molecular complexity index is 1260. The predicted molar refractivity (Wildman–Crippen MR) is 129 cm³/mol. The molecule has 4 heterocycles. The Morgan fingerprint density at radius 1 is 1.22 bits per heavy atom. The van der Waals surface area contributed by atoms with Crippen molar-refractivity contribution < 1.29 is 4.79 Å². The molecule has 0 aliphatic carbocycles. The van der Waals surface area contributed by atoms with Gasteiger partial charge in [-0.2, -0.15) is 0 Å². The molecule has 0 amide bonds. The van der Waals surface area contributed by atoms with E-state index in [9.17, 15) is 4.79 Å². The van der Waals surface area contributed by atoms with Gasteiger partial charge in [-0.25, -0.2) is 15.0 Å². The Kier molecular flexibility index (Phi) is 6.09. The molecule has 9 heteroatoms. The van der Waals surface area contributed by atoms with Crippen molar-refractivity contribution in [2.24, 2.45) is 0 Å². The van der Waals surface area contributed by atoms with Crippen LogP contribution in [0.15, 0.2) is 54.9 Å². The van der Waals surface area contributed by atoms with Crippen LogP contribution < -0.4 is 10.6 Å². The molecule has 7 nitrogen and oxygen atoms in total. The quantitative estimate of drug-likeness (QED) is 0.317. The molecule has 1 unspecified atom stereocenters. The van der Waals surface area contributed by atoms with E-state index in [0.29, 0.717) is 17.6 Å². The van der Waals surface area contributed by atoms with Crippen molar-refractivity contribution in [1.29, 1.82) is 0 Å². The molecule has 5 rings (SSSR count). The molecule has 3 aromatic heterocycles. The number of thiophene rings is 1. The van der Waals surface area contributed by atoms with Gasteiger partial charge in [0.15, 0.2) is 6.29 Å². The normalized spacial score (nSPS) is 16.5. The Labute approximate surface area is 194 Å². The maximum absolute atomic E-state index is 11.1. The molecule has 1 fully saturated rings. The monoisotopic (exact) mass is 464 g/mol. The van der Waals surface area contributed by atoms with Crippen LogP contribution in [0.5, 0.6) is 0 Å². The number of nitrogens with zero attached hydrogens (tertiary/aromatic N) is 4. The van der Waals surface area contributed by atoms with Crippen molar-refractivity contribution in [2.75, 3.05) is 31.5 Å². The number of nitrogens with one attached hydrogen (secondary N) is 2. The fourth-order valence-corrected chi connectivity index (χ4v) is 5.23. The lowest BCUT2D eigenvalue weighted by atomic mass is 10.1. The van der Waals surface area contributed by atoms with Crippen LogP contribution in [0.25, 0.3) is 31.8 Å². The molecular formula is C23H21ClN6OS. The van der Waals surface area contributed by atoms with Crippen LogP contribution in [0.1, 0.15) is 0 Å². The molecule has 1 aliphatic heterocycles. The first kappa shape index (κ1) is 21.0. The molecule has 1 atom stereocenters. The number of carbonyl (C=O) groups is 1. The number of pyridine rings is 1. The summed E-state index contributed by atoms with van der Waals surface area (Å²) in [6.07, 6.45) is 4.24. The van der Waals surface area contributed by atoms with Gasteiger partial charge in [-0.3, -0.25) is 10.2 Å². The molecule has 162 valence electrons. The van der Waals surface area contributed by atoms with Gasteiger partial charge in [-0.05, 0) is 40.8 Å². The van der Waals surface area contributed by atoms with Crippen molar-refractivity contribution in [3.8, 4) is 21.7 Å². The van der Waals surface area contributed by atoms with Crippen LogP contribution >= 0.6 is 22.9 Å². The fraction of sp³-hybridized carbons (Fsp3) is 0.217. The molecule has 1 aromatic carbocycles. The lowest BCUT2D eigenvalue weighted by molar-refractivity contribution is -0.112. The molecule has 32 heavy (non-hydrogen) atoms. The maximum Gasteiger partial charge on any atom is 0.223 e. The zero-order valence-corrected chi connectivity index (χ0v) is 18.7. The second-order valence-corrected chi connectivity index (χ2v) is 8.90. The van der Waals surface area contributed by atoms with Gasteiger partial charge in [0.1, 0.15) is 11.3 Å². The molecule has 0 spiro atoms. The number of anilines is 1. The summed E-state index contributed by atoms with van der Waals surface area (Å²) in [7, 11) is 0. The Balaban J connectivity index is 1.36. The number of aromatic nitrogens is 3. The number of carbonyl (C=O) groups excluding carboxylic acids is 1. The van der Waals surface area contributed by atoms with Crippen molar-refractivity contribution >= 4 is 45.3 Å². The minimum absolute atomic E-state index is 0.202. The van der Waals surface area contributed by atoms with Crippen molar-refractivity contribution in [3.05, 3.63) is 60.0 Å². The van der Waals surface area contributed by atoms with E-state index in [4.69, 9.17) is 16.6 Å². The largest absolute Gasteiger partial charge is 0.353 e. The Hall–Kier alpha value is -2.91. The highest BCUT2D eigenvalue weighted by atomic mass is 35.5. The van der Waals surface area contributed by atoms with Crippen molar-refractivity contribution in [2.45, 2.75) is 6.17 Å². The smallest absolute Gasteiger partial charge is 0.223 e. The van der Waals surface area contributed by atoms with Crippen LogP contribution in [0.2, 0.25) is 5.15 Å². The molecule has 2 N–H and O–H groups in total. The van der Waals surface area contributed by atoms with Gasteiger partial charge in [0.25, 0.3) is 0 Å². The topological polar surface area (TPSA) is 83.0 Å². The molecule has 0 saturated carbocycles.